The molecule has 2 rings (SSSR count). The van der Waals surface area contributed by atoms with Gasteiger partial charge in [0.25, 0.3) is 0 Å². The van der Waals surface area contributed by atoms with Crippen molar-refractivity contribution in [1.29, 1.82) is 0 Å². The van der Waals surface area contributed by atoms with Crippen LogP contribution in [-0.4, -0.2) is 48.4 Å². The lowest BCUT2D eigenvalue weighted by molar-refractivity contribution is -0.127. The highest BCUT2D eigenvalue weighted by Crippen LogP contribution is 2.26. The molecule has 0 atom stereocenters. The zero-order valence-electron chi connectivity index (χ0n) is 11.5. The van der Waals surface area contributed by atoms with Crippen molar-refractivity contribution in [1.82, 2.24) is 9.80 Å². The molecule has 108 valence electrons. The van der Waals surface area contributed by atoms with Crippen LogP contribution in [0.25, 0.3) is 6.08 Å². The van der Waals surface area contributed by atoms with Crippen LogP contribution in [-0.2, 0) is 4.79 Å². The number of hydrogen-bond acceptors (Lipinski definition) is 2. The Bertz CT molecular complexity index is 509. The molecule has 1 aliphatic heterocycles. The fourth-order valence-corrected chi connectivity index (χ4v) is 2.57. The molecule has 1 aliphatic rings. The van der Waals surface area contributed by atoms with Crippen LogP contribution in [0.15, 0.2) is 24.3 Å². The van der Waals surface area contributed by atoms with Crippen molar-refractivity contribution in [2.45, 2.75) is 6.92 Å². The zero-order chi connectivity index (χ0) is 14.5. The molecule has 0 spiro atoms. The Morgan fingerprint density at radius 1 is 1.25 bits per heavy atom. The molecule has 5 heteroatoms. The highest BCUT2D eigenvalue weighted by Gasteiger charge is 2.18. The summed E-state index contributed by atoms with van der Waals surface area (Å²) < 4.78 is 0. The van der Waals surface area contributed by atoms with Gasteiger partial charge in [-0.25, -0.2) is 0 Å². The lowest BCUT2D eigenvalue weighted by Crippen LogP contribution is -2.48. The van der Waals surface area contributed by atoms with Crippen LogP contribution >= 0.6 is 23.2 Å². The van der Waals surface area contributed by atoms with Gasteiger partial charge in [0.05, 0.1) is 10.0 Å². The lowest BCUT2D eigenvalue weighted by Gasteiger charge is -2.33. The molecule has 1 heterocycles. The predicted molar refractivity (Wildman–Crippen MR) is 84.2 cm³/mol. The maximum atomic E-state index is 12.1. The van der Waals surface area contributed by atoms with Crippen molar-refractivity contribution < 1.29 is 4.79 Å². The molecule has 1 aromatic carbocycles. The van der Waals surface area contributed by atoms with E-state index < -0.39 is 0 Å². The van der Waals surface area contributed by atoms with Gasteiger partial charge >= 0.3 is 0 Å². The zero-order valence-corrected chi connectivity index (χ0v) is 13.0. The number of amides is 1. The molecule has 0 aliphatic carbocycles. The molecule has 1 aromatic rings. The molecular formula is C15H18Cl2N2O. The van der Waals surface area contributed by atoms with E-state index in [-0.39, 0.29) is 5.91 Å². The summed E-state index contributed by atoms with van der Waals surface area (Å²) in [5.74, 6) is 0.0248. The molecule has 1 amide bonds. The van der Waals surface area contributed by atoms with Gasteiger partial charge in [-0.1, -0.05) is 42.3 Å². The van der Waals surface area contributed by atoms with Crippen molar-refractivity contribution in [2.75, 3.05) is 32.7 Å². The summed E-state index contributed by atoms with van der Waals surface area (Å²) in [5.41, 5.74) is 0.764. The molecule has 0 saturated carbocycles. The minimum absolute atomic E-state index is 0.0248. The van der Waals surface area contributed by atoms with Crippen molar-refractivity contribution in [3.05, 3.63) is 39.9 Å². The summed E-state index contributed by atoms with van der Waals surface area (Å²) in [6, 6.07) is 5.39. The number of rotatable bonds is 3. The molecule has 0 N–H and O–H groups in total. The second-order valence-corrected chi connectivity index (χ2v) is 5.52. The third kappa shape index (κ3) is 3.75. The Balaban J connectivity index is 1.98. The van der Waals surface area contributed by atoms with Crippen molar-refractivity contribution in [3.63, 3.8) is 0 Å². The summed E-state index contributed by atoms with van der Waals surface area (Å²) in [7, 11) is 0. The van der Waals surface area contributed by atoms with E-state index in [1.165, 1.54) is 0 Å². The van der Waals surface area contributed by atoms with Crippen LogP contribution in [0.2, 0.25) is 10.0 Å². The number of halogens is 2. The van der Waals surface area contributed by atoms with Gasteiger partial charge in [-0.15, -0.1) is 0 Å². The average molecular weight is 313 g/mol. The average Bonchev–Trinajstić information content (AvgIpc) is 2.48. The van der Waals surface area contributed by atoms with Gasteiger partial charge in [0.2, 0.25) is 5.91 Å². The number of carbonyl (C=O) groups excluding carboxylic acids is 1. The summed E-state index contributed by atoms with van der Waals surface area (Å²) in [5, 5.41) is 0.979. The number of piperazine rings is 1. The predicted octanol–water partition coefficient (Wildman–Crippen LogP) is 3.17. The first kappa shape index (κ1) is 15.4. The van der Waals surface area contributed by atoms with E-state index in [0.29, 0.717) is 10.0 Å². The van der Waals surface area contributed by atoms with Crippen LogP contribution in [0.5, 0.6) is 0 Å². The normalized spacial score (nSPS) is 16.9. The molecule has 1 fully saturated rings. The molecule has 0 bridgehead atoms. The Labute approximate surface area is 129 Å². The highest BCUT2D eigenvalue weighted by molar-refractivity contribution is 6.42. The third-order valence-electron chi connectivity index (χ3n) is 3.52. The molecule has 0 radical (unpaired) electrons. The summed E-state index contributed by atoms with van der Waals surface area (Å²) in [6.45, 7) is 6.61. The first-order valence-electron chi connectivity index (χ1n) is 6.75. The second kappa shape index (κ2) is 7.11. The van der Waals surface area contributed by atoms with Crippen molar-refractivity contribution in [2.24, 2.45) is 0 Å². The Morgan fingerprint density at radius 2 is 1.95 bits per heavy atom. The van der Waals surface area contributed by atoms with E-state index >= 15 is 0 Å². The fraction of sp³-hybridized carbons (Fsp3) is 0.400. The number of nitrogens with zero attached hydrogens (tertiary/aromatic N) is 2. The van der Waals surface area contributed by atoms with E-state index in [0.717, 1.165) is 38.3 Å². The number of likely N-dealkylation sites (N-methyl/N-ethyl adjacent to an activating group) is 1. The molecule has 0 unspecified atom stereocenters. The van der Waals surface area contributed by atoms with E-state index in [2.05, 4.69) is 11.8 Å². The molecule has 1 saturated heterocycles. The van der Waals surface area contributed by atoms with E-state index in [1.54, 1.807) is 18.2 Å². The third-order valence-corrected chi connectivity index (χ3v) is 4.35. The molecule has 3 nitrogen and oxygen atoms in total. The molecular weight excluding hydrogens is 295 g/mol. The van der Waals surface area contributed by atoms with Gasteiger partial charge in [0.15, 0.2) is 0 Å². The summed E-state index contributed by atoms with van der Waals surface area (Å²) >= 11 is 12.0. The molecule has 20 heavy (non-hydrogen) atoms. The minimum Gasteiger partial charge on any atom is -0.337 e. The minimum atomic E-state index is 0.0248. The van der Waals surface area contributed by atoms with Gasteiger partial charge in [0.1, 0.15) is 0 Å². The van der Waals surface area contributed by atoms with Gasteiger partial charge < -0.3 is 9.80 Å². The van der Waals surface area contributed by atoms with E-state index in [9.17, 15) is 4.79 Å². The van der Waals surface area contributed by atoms with Crippen LogP contribution in [0, 0.1) is 0 Å². The van der Waals surface area contributed by atoms with Crippen LogP contribution in [0.4, 0.5) is 0 Å². The van der Waals surface area contributed by atoms with Gasteiger partial charge in [0, 0.05) is 32.3 Å². The first-order chi connectivity index (χ1) is 9.61. The van der Waals surface area contributed by atoms with Gasteiger partial charge in [-0.2, -0.15) is 0 Å². The first-order valence-corrected chi connectivity index (χ1v) is 7.50. The van der Waals surface area contributed by atoms with Gasteiger partial charge in [-0.3, -0.25) is 4.79 Å². The largest absolute Gasteiger partial charge is 0.337 e. The maximum absolute atomic E-state index is 12.1. The topological polar surface area (TPSA) is 23.6 Å². The standard InChI is InChI=1S/C15H18Cl2N2O/c1-2-18-8-10-19(11-9-18)14(20)7-6-12-4-3-5-13(16)15(12)17/h3-7H,2,8-11H2,1H3/b7-6+. The second-order valence-electron chi connectivity index (χ2n) is 4.74. The summed E-state index contributed by atoms with van der Waals surface area (Å²) in [6.07, 6.45) is 3.29. The van der Waals surface area contributed by atoms with Crippen LogP contribution < -0.4 is 0 Å². The number of hydrogen-bond donors (Lipinski definition) is 0. The quantitative estimate of drug-likeness (QED) is 0.800. The smallest absolute Gasteiger partial charge is 0.246 e. The summed E-state index contributed by atoms with van der Waals surface area (Å²) in [4.78, 5) is 16.3. The SMILES string of the molecule is CCN1CCN(C(=O)/C=C/c2cccc(Cl)c2Cl)CC1. The molecule has 0 aromatic heterocycles. The number of benzene rings is 1. The van der Waals surface area contributed by atoms with Gasteiger partial charge in [-0.05, 0) is 24.3 Å². The fourth-order valence-electron chi connectivity index (χ4n) is 2.20. The van der Waals surface area contributed by atoms with E-state index in [1.807, 2.05) is 17.0 Å². The van der Waals surface area contributed by atoms with E-state index in [4.69, 9.17) is 23.2 Å². The van der Waals surface area contributed by atoms with Crippen molar-refractivity contribution in [3.8, 4) is 0 Å². The maximum Gasteiger partial charge on any atom is 0.246 e. The monoisotopic (exact) mass is 312 g/mol. The Morgan fingerprint density at radius 3 is 2.60 bits per heavy atom. The Hall–Kier alpha value is -1.03. The van der Waals surface area contributed by atoms with Crippen LogP contribution in [0.3, 0.4) is 0 Å². The van der Waals surface area contributed by atoms with Crippen LogP contribution in [0.1, 0.15) is 12.5 Å². The number of carbonyl (C=O) groups is 1. The highest BCUT2D eigenvalue weighted by atomic mass is 35.5. The van der Waals surface area contributed by atoms with Crippen molar-refractivity contribution >= 4 is 35.2 Å². The Kier molecular flexibility index (Phi) is 5.46. The lowest BCUT2D eigenvalue weighted by atomic mass is 10.2.